The molecule has 0 bridgehead atoms. The van der Waals surface area contributed by atoms with E-state index in [0.717, 1.165) is 28.5 Å². The molecule has 2 N–H and O–H groups in total. The van der Waals surface area contributed by atoms with Crippen molar-refractivity contribution in [1.29, 1.82) is 0 Å². The fourth-order valence-corrected chi connectivity index (χ4v) is 3.43. The maximum atomic E-state index is 12.2. The Balaban J connectivity index is 1.59. The Bertz CT molecular complexity index is 1030. The van der Waals surface area contributed by atoms with E-state index >= 15 is 0 Å². The number of amides is 2. The van der Waals surface area contributed by atoms with E-state index in [0.29, 0.717) is 40.0 Å². The SMILES string of the molecule is O=C(O)c1ccc(-c2cnc3ccc(N(S)C(=O)NCC4CC4)nc3n2)s1. The number of thiol groups is 1. The fourth-order valence-electron chi connectivity index (χ4n) is 2.45. The van der Waals surface area contributed by atoms with Crippen molar-refractivity contribution in [2.75, 3.05) is 10.8 Å². The molecule has 0 atom stereocenters. The van der Waals surface area contributed by atoms with Gasteiger partial charge in [0, 0.05) is 6.54 Å². The van der Waals surface area contributed by atoms with Crippen LogP contribution in [0.25, 0.3) is 21.7 Å². The number of hydrogen-bond donors (Lipinski definition) is 3. The summed E-state index contributed by atoms with van der Waals surface area (Å²) in [6.45, 7) is 0.637. The third-order valence-electron chi connectivity index (χ3n) is 4.11. The lowest BCUT2D eigenvalue weighted by Crippen LogP contribution is -2.35. The number of carbonyl (C=O) groups excluding carboxylic acids is 1. The molecule has 0 saturated heterocycles. The van der Waals surface area contributed by atoms with Crippen LogP contribution in [-0.2, 0) is 0 Å². The number of fused-ring (bicyclic) bond motifs is 1. The maximum absolute atomic E-state index is 12.2. The minimum absolute atomic E-state index is 0.225. The van der Waals surface area contributed by atoms with Crippen molar-refractivity contribution in [2.24, 2.45) is 5.92 Å². The summed E-state index contributed by atoms with van der Waals surface area (Å²) < 4.78 is 1.14. The molecule has 1 aliphatic carbocycles. The summed E-state index contributed by atoms with van der Waals surface area (Å²) in [6.07, 6.45) is 3.86. The van der Waals surface area contributed by atoms with Gasteiger partial charge in [-0.2, -0.15) is 0 Å². The Labute approximate surface area is 163 Å². The Morgan fingerprint density at radius 2 is 2.07 bits per heavy atom. The zero-order valence-corrected chi connectivity index (χ0v) is 15.7. The molecule has 27 heavy (non-hydrogen) atoms. The number of carboxylic acid groups (broad SMARTS) is 1. The highest BCUT2D eigenvalue weighted by molar-refractivity contribution is 7.82. The fraction of sp³-hybridized carbons (Fsp3) is 0.235. The van der Waals surface area contributed by atoms with Crippen molar-refractivity contribution in [3.63, 3.8) is 0 Å². The van der Waals surface area contributed by atoms with E-state index in [1.165, 1.54) is 6.07 Å². The van der Waals surface area contributed by atoms with E-state index in [1.807, 2.05) is 0 Å². The van der Waals surface area contributed by atoms with E-state index in [1.54, 1.807) is 24.4 Å². The number of anilines is 1. The molecule has 3 aromatic rings. The van der Waals surface area contributed by atoms with E-state index in [-0.39, 0.29) is 10.9 Å². The number of aromatic nitrogens is 3. The highest BCUT2D eigenvalue weighted by Crippen LogP contribution is 2.29. The van der Waals surface area contributed by atoms with Gasteiger partial charge in [0.2, 0.25) is 0 Å². The van der Waals surface area contributed by atoms with Gasteiger partial charge >= 0.3 is 12.0 Å². The number of thiophene rings is 1. The lowest BCUT2D eigenvalue weighted by Gasteiger charge is -2.15. The lowest BCUT2D eigenvalue weighted by atomic mass is 10.3. The van der Waals surface area contributed by atoms with Gasteiger partial charge in [0.1, 0.15) is 21.9 Å². The second-order valence-corrected chi connectivity index (χ2v) is 7.66. The van der Waals surface area contributed by atoms with Gasteiger partial charge in [-0.15, -0.1) is 11.3 Å². The molecular weight excluding hydrogens is 386 g/mol. The average Bonchev–Trinajstić information content (AvgIpc) is 3.37. The summed E-state index contributed by atoms with van der Waals surface area (Å²) in [5.41, 5.74) is 1.44. The predicted molar refractivity (Wildman–Crippen MR) is 105 cm³/mol. The van der Waals surface area contributed by atoms with Crippen LogP contribution in [0.5, 0.6) is 0 Å². The summed E-state index contributed by atoms with van der Waals surface area (Å²) in [5.74, 6) is -0.0820. The molecule has 138 valence electrons. The van der Waals surface area contributed by atoms with Crippen molar-refractivity contribution < 1.29 is 14.7 Å². The van der Waals surface area contributed by atoms with Gasteiger partial charge in [-0.3, -0.25) is 4.98 Å². The number of carboxylic acids is 1. The Morgan fingerprint density at radius 1 is 1.26 bits per heavy atom. The first-order valence-electron chi connectivity index (χ1n) is 8.25. The van der Waals surface area contributed by atoms with Crippen molar-refractivity contribution in [2.45, 2.75) is 12.8 Å². The molecule has 8 nitrogen and oxygen atoms in total. The van der Waals surface area contributed by atoms with Crippen LogP contribution in [0.1, 0.15) is 22.5 Å². The summed E-state index contributed by atoms with van der Waals surface area (Å²) >= 11 is 5.35. The number of hydrogen-bond acceptors (Lipinski definition) is 7. The lowest BCUT2D eigenvalue weighted by molar-refractivity contribution is 0.0702. The van der Waals surface area contributed by atoms with Crippen LogP contribution in [0.3, 0.4) is 0 Å². The van der Waals surface area contributed by atoms with Crippen LogP contribution in [0.15, 0.2) is 30.5 Å². The topological polar surface area (TPSA) is 108 Å². The van der Waals surface area contributed by atoms with E-state index in [2.05, 4.69) is 33.1 Å². The first-order valence-corrected chi connectivity index (χ1v) is 9.47. The molecule has 0 spiro atoms. The zero-order valence-electron chi connectivity index (χ0n) is 14.0. The van der Waals surface area contributed by atoms with Crippen molar-refractivity contribution in [3.8, 4) is 10.6 Å². The predicted octanol–water partition coefficient (Wildman–Crippen LogP) is 3.22. The monoisotopic (exact) mass is 401 g/mol. The van der Waals surface area contributed by atoms with Gasteiger partial charge in [0.05, 0.1) is 11.1 Å². The van der Waals surface area contributed by atoms with Crippen LogP contribution < -0.4 is 9.62 Å². The number of aromatic carboxylic acids is 1. The number of carbonyl (C=O) groups is 2. The molecule has 0 unspecified atom stereocenters. The van der Waals surface area contributed by atoms with E-state index in [4.69, 9.17) is 5.11 Å². The number of nitrogens with one attached hydrogen (secondary N) is 1. The van der Waals surface area contributed by atoms with E-state index < -0.39 is 5.97 Å². The first kappa shape index (κ1) is 17.7. The zero-order chi connectivity index (χ0) is 19.0. The standard InChI is InChI=1S/C17H15N5O3S2/c23-16(24)13-5-4-12(27-13)11-8-18-10-3-6-14(21-15(10)20-11)22(26)17(25)19-7-9-1-2-9/h3-6,8-9,26H,1-2,7H2,(H,19,25)(H,23,24). The largest absolute Gasteiger partial charge is 0.477 e. The van der Waals surface area contributed by atoms with Crippen LogP contribution in [0, 0.1) is 5.92 Å². The molecule has 0 aliphatic heterocycles. The molecule has 0 radical (unpaired) electrons. The average molecular weight is 401 g/mol. The number of rotatable bonds is 5. The van der Waals surface area contributed by atoms with Crippen molar-refractivity contribution in [1.82, 2.24) is 20.3 Å². The minimum Gasteiger partial charge on any atom is -0.477 e. The number of urea groups is 1. The normalized spacial score (nSPS) is 13.5. The highest BCUT2D eigenvalue weighted by atomic mass is 32.1. The maximum Gasteiger partial charge on any atom is 0.345 e. The summed E-state index contributed by atoms with van der Waals surface area (Å²) in [5, 5.41) is 11.9. The summed E-state index contributed by atoms with van der Waals surface area (Å²) in [7, 11) is 0. The Kier molecular flexibility index (Phi) is 4.66. The quantitative estimate of drug-likeness (QED) is 0.567. The van der Waals surface area contributed by atoms with Gasteiger partial charge in [-0.1, -0.05) is 12.8 Å². The van der Waals surface area contributed by atoms with Crippen molar-refractivity contribution in [3.05, 3.63) is 35.3 Å². The van der Waals surface area contributed by atoms with Crippen molar-refractivity contribution >= 4 is 53.1 Å². The van der Waals surface area contributed by atoms with Gasteiger partial charge in [-0.25, -0.2) is 23.9 Å². The summed E-state index contributed by atoms with van der Waals surface area (Å²) in [6, 6.07) is 6.23. The Hall–Kier alpha value is -2.72. The van der Waals surface area contributed by atoms with Crippen LogP contribution in [0.4, 0.5) is 10.6 Å². The van der Waals surface area contributed by atoms with Gasteiger partial charge in [-0.05, 0) is 43.0 Å². The number of nitrogens with zero attached hydrogens (tertiary/aromatic N) is 4. The molecule has 4 rings (SSSR count). The van der Waals surface area contributed by atoms with E-state index in [9.17, 15) is 9.59 Å². The third kappa shape index (κ3) is 3.86. The molecular formula is C17H15N5O3S2. The molecule has 3 heterocycles. The molecule has 0 aromatic carbocycles. The number of pyridine rings is 1. The molecule has 1 saturated carbocycles. The van der Waals surface area contributed by atoms with Crippen LogP contribution in [-0.4, -0.2) is 38.6 Å². The molecule has 2 amide bonds. The molecule has 3 aromatic heterocycles. The molecule has 10 heteroatoms. The van der Waals surface area contributed by atoms with Gasteiger partial charge in [0.25, 0.3) is 0 Å². The van der Waals surface area contributed by atoms with Crippen LogP contribution >= 0.6 is 24.2 Å². The smallest absolute Gasteiger partial charge is 0.345 e. The summed E-state index contributed by atoms with van der Waals surface area (Å²) in [4.78, 5) is 37.3. The highest BCUT2D eigenvalue weighted by Gasteiger charge is 2.23. The molecule has 1 fully saturated rings. The second kappa shape index (κ2) is 7.12. The first-order chi connectivity index (χ1) is 13.0. The minimum atomic E-state index is -0.983. The molecule has 1 aliphatic rings. The Morgan fingerprint density at radius 3 is 2.78 bits per heavy atom. The van der Waals surface area contributed by atoms with Gasteiger partial charge in [0.15, 0.2) is 5.65 Å². The second-order valence-electron chi connectivity index (χ2n) is 6.18. The third-order valence-corrected chi connectivity index (χ3v) is 5.59. The van der Waals surface area contributed by atoms with Crippen LogP contribution in [0.2, 0.25) is 0 Å². The van der Waals surface area contributed by atoms with Gasteiger partial charge < -0.3 is 10.4 Å².